The molecule has 1 saturated heterocycles. The highest BCUT2D eigenvalue weighted by Crippen LogP contribution is 2.44. The summed E-state index contributed by atoms with van der Waals surface area (Å²) in [6, 6.07) is 0. The smallest absolute Gasteiger partial charge is 0.306 e. The number of carbonyl (C=O) groups excluding carboxylic acids is 1. The third-order valence-electron chi connectivity index (χ3n) is 6.36. The van der Waals surface area contributed by atoms with E-state index in [0.717, 1.165) is 51.5 Å². The maximum absolute atomic E-state index is 12.2. The normalized spacial score (nSPS) is 22.5. The molecule has 5 heteroatoms. The van der Waals surface area contributed by atoms with Crippen molar-refractivity contribution in [3.8, 4) is 0 Å². The lowest BCUT2D eigenvalue weighted by Crippen LogP contribution is -2.62. The van der Waals surface area contributed by atoms with Crippen molar-refractivity contribution in [2.75, 3.05) is 13.6 Å². The number of rotatable bonds is 10. The molecule has 0 bridgehead atoms. The largest absolute Gasteiger partial charge is 0.481 e. The Bertz CT molecular complexity index is 445. The minimum absolute atomic E-state index is 0.00779. The van der Waals surface area contributed by atoms with E-state index in [1.807, 2.05) is 0 Å². The molecule has 1 fully saturated rings. The summed E-state index contributed by atoms with van der Waals surface area (Å²) in [5.74, 6) is -0.799. The number of carboxylic acid groups (broad SMARTS) is 1. The molecule has 1 unspecified atom stereocenters. The number of ether oxygens (including phenoxy) is 1. The van der Waals surface area contributed by atoms with Gasteiger partial charge >= 0.3 is 11.9 Å². The summed E-state index contributed by atoms with van der Waals surface area (Å²) in [4.78, 5) is 25.0. The molecule has 0 radical (unpaired) electrons. The first-order valence-corrected chi connectivity index (χ1v) is 9.71. The van der Waals surface area contributed by atoms with E-state index < -0.39 is 5.97 Å². The van der Waals surface area contributed by atoms with Crippen molar-refractivity contribution in [2.24, 2.45) is 5.41 Å². The zero-order chi connectivity index (χ0) is 19.1. The standard InChI is InChI=1S/C20H37NO4/c1-19(2)16(14-15-21(5)20(19,3)4)25-18(24)13-11-9-7-6-8-10-12-17(22)23/h16H,6-15H2,1-5H3,(H,22,23). The summed E-state index contributed by atoms with van der Waals surface area (Å²) in [5.41, 5.74) is -0.0913. The van der Waals surface area contributed by atoms with E-state index in [1.165, 1.54) is 0 Å². The summed E-state index contributed by atoms with van der Waals surface area (Å²) in [6.45, 7) is 9.77. The fraction of sp³-hybridized carbons (Fsp3) is 0.900. The molecule has 5 nitrogen and oxygen atoms in total. The first kappa shape index (κ1) is 21.9. The number of hydrogen-bond donors (Lipinski definition) is 1. The van der Waals surface area contributed by atoms with Crippen LogP contribution in [0, 0.1) is 5.41 Å². The molecule has 1 aliphatic heterocycles. The highest BCUT2D eigenvalue weighted by atomic mass is 16.5. The van der Waals surface area contributed by atoms with Gasteiger partial charge in [0.2, 0.25) is 0 Å². The van der Waals surface area contributed by atoms with Crippen molar-refractivity contribution in [1.29, 1.82) is 0 Å². The van der Waals surface area contributed by atoms with Crippen LogP contribution in [0.3, 0.4) is 0 Å². The number of piperidine rings is 1. The summed E-state index contributed by atoms with van der Waals surface area (Å²) in [7, 11) is 2.14. The van der Waals surface area contributed by atoms with Crippen LogP contribution < -0.4 is 0 Å². The predicted molar refractivity (Wildman–Crippen MR) is 99.6 cm³/mol. The van der Waals surface area contributed by atoms with Gasteiger partial charge in [-0.25, -0.2) is 0 Å². The Hall–Kier alpha value is -1.10. The zero-order valence-electron chi connectivity index (χ0n) is 16.8. The minimum atomic E-state index is -0.720. The van der Waals surface area contributed by atoms with Gasteiger partial charge < -0.3 is 14.7 Å². The molecular weight excluding hydrogens is 318 g/mol. The van der Waals surface area contributed by atoms with E-state index in [0.29, 0.717) is 6.42 Å². The lowest BCUT2D eigenvalue weighted by Gasteiger charge is -2.55. The molecule has 25 heavy (non-hydrogen) atoms. The molecule has 0 aliphatic carbocycles. The Labute approximate surface area is 153 Å². The lowest BCUT2D eigenvalue weighted by molar-refractivity contribution is -0.171. The summed E-state index contributed by atoms with van der Waals surface area (Å²) in [5, 5.41) is 8.58. The fourth-order valence-corrected chi connectivity index (χ4v) is 3.51. The number of likely N-dealkylation sites (tertiary alicyclic amines) is 1. The lowest BCUT2D eigenvalue weighted by atomic mass is 9.66. The number of carbonyl (C=O) groups is 2. The van der Waals surface area contributed by atoms with E-state index >= 15 is 0 Å². The predicted octanol–water partition coefficient (Wildman–Crippen LogP) is 4.24. The van der Waals surface area contributed by atoms with Crippen LogP contribution in [0.2, 0.25) is 0 Å². The Kier molecular flexibility index (Phi) is 8.39. The van der Waals surface area contributed by atoms with Crippen LogP contribution in [0.4, 0.5) is 0 Å². The SMILES string of the molecule is CN1CCC(OC(=O)CCCCCCCCC(=O)O)C(C)(C)C1(C)C. The second-order valence-corrected chi connectivity index (χ2v) is 8.48. The van der Waals surface area contributed by atoms with Crippen LogP contribution >= 0.6 is 0 Å². The van der Waals surface area contributed by atoms with E-state index in [2.05, 4.69) is 39.6 Å². The minimum Gasteiger partial charge on any atom is -0.481 e. The van der Waals surface area contributed by atoms with Gasteiger partial charge in [0.05, 0.1) is 0 Å². The Morgan fingerprint density at radius 3 is 2.08 bits per heavy atom. The number of esters is 1. The Morgan fingerprint density at radius 1 is 1.00 bits per heavy atom. The van der Waals surface area contributed by atoms with Crippen LogP contribution in [0.15, 0.2) is 0 Å². The van der Waals surface area contributed by atoms with Crippen LogP contribution in [0.5, 0.6) is 0 Å². The van der Waals surface area contributed by atoms with Crippen molar-refractivity contribution < 1.29 is 19.4 Å². The van der Waals surface area contributed by atoms with Crippen molar-refractivity contribution in [1.82, 2.24) is 4.90 Å². The third kappa shape index (κ3) is 6.28. The average molecular weight is 356 g/mol. The number of aliphatic carboxylic acids is 1. The van der Waals surface area contributed by atoms with Gasteiger partial charge in [0.1, 0.15) is 6.10 Å². The molecule has 0 aromatic heterocycles. The van der Waals surface area contributed by atoms with Gasteiger partial charge in [-0.2, -0.15) is 0 Å². The highest BCUT2D eigenvalue weighted by Gasteiger charge is 2.50. The first-order valence-electron chi connectivity index (χ1n) is 9.71. The van der Waals surface area contributed by atoms with Gasteiger partial charge in [-0.1, -0.05) is 39.5 Å². The zero-order valence-corrected chi connectivity index (χ0v) is 16.8. The van der Waals surface area contributed by atoms with E-state index in [9.17, 15) is 9.59 Å². The Morgan fingerprint density at radius 2 is 1.52 bits per heavy atom. The number of nitrogens with zero attached hydrogens (tertiary/aromatic N) is 1. The molecule has 1 rings (SSSR count). The maximum atomic E-state index is 12.2. The van der Waals surface area contributed by atoms with Gasteiger partial charge in [-0.05, 0) is 40.2 Å². The van der Waals surface area contributed by atoms with Crippen molar-refractivity contribution in [3.63, 3.8) is 0 Å². The molecule has 0 amide bonds. The molecular formula is C20H37NO4. The topological polar surface area (TPSA) is 66.8 Å². The van der Waals surface area contributed by atoms with Gasteiger partial charge in [-0.3, -0.25) is 9.59 Å². The number of hydrogen-bond acceptors (Lipinski definition) is 4. The Balaban J connectivity index is 2.23. The highest BCUT2D eigenvalue weighted by molar-refractivity contribution is 5.69. The molecule has 0 spiro atoms. The molecule has 1 atom stereocenters. The molecule has 1 aliphatic rings. The fourth-order valence-electron chi connectivity index (χ4n) is 3.51. The van der Waals surface area contributed by atoms with Crippen LogP contribution in [-0.4, -0.2) is 47.2 Å². The van der Waals surface area contributed by atoms with E-state index in [1.54, 1.807) is 0 Å². The van der Waals surface area contributed by atoms with Crippen LogP contribution in [0.1, 0.15) is 85.5 Å². The van der Waals surface area contributed by atoms with E-state index in [4.69, 9.17) is 9.84 Å². The van der Waals surface area contributed by atoms with Crippen LogP contribution in [-0.2, 0) is 14.3 Å². The van der Waals surface area contributed by atoms with E-state index in [-0.39, 0.29) is 29.4 Å². The monoisotopic (exact) mass is 355 g/mol. The third-order valence-corrected chi connectivity index (χ3v) is 6.36. The van der Waals surface area contributed by atoms with Gasteiger partial charge in [0.25, 0.3) is 0 Å². The summed E-state index contributed by atoms with van der Waals surface area (Å²) < 4.78 is 5.83. The summed E-state index contributed by atoms with van der Waals surface area (Å²) in [6.07, 6.45) is 7.27. The van der Waals surface area contributed by atoms with Crippen molar-refractivity contribution >= 4 is 11.9 Å². The van der Waals surface area contributed by atoms with Crippen molar-refractivity contribution in [3.05, 3.63) is 0 Å². The van der Waals surface area contributed by atoms with Crippen LogP contribution in [0.25, 0.3) is 0 Å². The van der Waals surface area contributed by atoms with Crippen molar-refractivity contribution in [2.45, 2.75) is 97.1 Å². The molecule has 0 aromatic rings. The quantitative estimate of drug-likeness (QED) is 0.469. The second-order valence-electron chi connectivity index (χ2n) is 8.48. The average Bonchev–Trinajstić information content (AvgIpc) is 2.51. The van der Waals surface area contributed by atoms with Gasteiger partial charge in [0, 0.05) is 30.3 Å². The van der Waals surface area contributed by atoms with Gasteiger partial charge in [0.15, 0.2) is 0 Å². The molecule has 146 valence electrons. The summed E-state index contributed by atoms with van der Waals surface area (Å²) >= 11 is 0. The molecule has 0 aromatic carbocycles. The maximum Gasteiger partial charge on any atom is 0.306 e. The number of unbranched alkanes of at least 4 members (excludes halogenated alkanes) is 5. The molecule has 1 N–H and O–H groups in total. The van der Waals surface area contributed by atoms with Gasteiger partial charge in [-0.15, -0.1) is 0 Å². The number of carboxylic acids is 1. The molecule has 1 heterocycles. The second kappa shape index (κ2) is 9.56. The molecule has 0 saturated carbocycles. The first-order chi connectivity index (χ1) is 11.6.